The smallest absolute Gasteiger partial charge is 0.0720 e. The van der Waals surface area contributed by atoms with Crippen molar-refractivity contribution in [2.24, 2.45) is 0 Å². The average Bonchev–Trinajstić information content (AvgIpc) is 2.41. The summed E-state index contributed by atoms with van der Waals surface area (Å²) in [5.41, 5.74) is 1.21. The molecule has 1 aliphatic rings. The van der Waals surface area contributed by atoms with Crippen LogP contribution in [0.1, 0.15) is 53.0 Å². The van der Waals surface area contributed by atoms with Crippen molar-refractivity contribution in [2.75, 3.05) is 6.61 Å². The molecule has 0 saturated carbocycles. The molecule has 0 atom stereocenters. The van der Waals surface area contributed by atoms with Crippen molar-refractivity contribution in [3.05, 3.63) is 35.9 Å². The molecule has 0 radical (unpaired) electrons. The van der Waals surface area contributed by atoms with Gasteiger partial charge in [-0.25, -0.2) is 0 Å². The monoisotopic (exact) mass is 291 g/mol. The summed E-state index contributed by atoms with van der Waals surface area (Å²) in [6.45, 7) is 12.4. The minimum Gasteiger partial charge on any atom is -0.373 e. The Balaban J connectivity index is 2.00. The van der Waals surface area contributed by atoms with E-state index < -0.39 is 0 Å². The van der Waals surface area contributed by atoms with Gasteiger partial charge in [-0.05, 0) is 53.0 Å². The van der Waals surface area contributed by atoms with Gasteiger partial charge in [0, 0.05) is 11.1 Å². The highest BCUT2D eigenvalue weighted by molar-refractivity contribution is 5.13. The maximum Gasteiger partial charge on any atom is 0.0720 e. The third-order valence-corrected chi connectivity index (χ3v) is 4.14. The number of hydrogen-bond donors (Lipinski definition) is 0. The molecule has 1 aromatic rings. The zero-order valence-electron chi connectivity index (χ0n) is 14.1. The van der Waals surface area contributed by atoms with Crippen LogP contribution in [-0.4, -0.2) is 28.9 Å². The van der Waals surface area contributed by atoms with Gasteiger partial charge in [0.2, 0.25) is 0 Å². The van der Waals surface area contributed by atoms with Crippen LogP contribution in [0, 0.1) is 0 Å². The Morgan fingerprint density at radius 1 is 1.05 bits per heavy atom. The minimum absolute atomic E-state index is 0.0148. The lowest BCUT2D eigenvalue weighted by Gasteiger charge is -2.53. The van der Waals surface area contributed by atoms with Crippen LogP contribution in [0.5, 0.6) is 0 Å². The van der Waals surface area contributed by atoms with E-state index in [0.717, 1.165) is 12.8 Å². The maximum atomic E-state index is 6.18. The summed E-state index contributed by atoms with van der Waals surface area (Å²) in [6, 6.07) is 10.4. The van der Waals surface area contributed by atoms with Gasteiger partial charge in [0.25, 0.3) is 0 Å². The largest absolute Gasteiger partial charge is 0.373 e. The second-order valence-electron chi connectivity index (χ2n) is 7.16. The first-order valence-corrected chi connectivity index (χ1v) is 7.94. The first-order chi connectivity index (χ1) is 9.85. The van der Waals surface area contributed by atoms with Crippen molar-refractivity contribution in [1.82, 2.24) is 5.06 Å². The van der Waals surface area contributed by atoms with Gasteiger partial charge in [0.1, 0.15) is 0 Å². The van der Waals surface area contributed by atoms with Crippen molar-refractivity contribution in [3.63, 3.8) is 0 Å². The summed E-state index contributed by atoms with van der Waals surface area (Å²) in [7, 11) is 0. The highest BCUT2D eigenvalue weighted by Gasteiger charge is 2.46. The lowest BCUT2D eigenvalue weighted by Crippen LogP contribution is -2.61. The van der Waals surface area contributed by atoms with Crippen molar-refractivity contribution in [1.29, 1.82) is 0 Å². The van der Waals surface area contributed by atoms with Crippen molar-refractivity contribution < 1.29 is 9.57 Å². The van der Waals surface area contributed by atoms with E-state index in [0.29, 0.717) is 13.2 Å². The molecular formula is C18H29NO2. The van der Waals surface area contributed by atoms with Gasteiger partial charge in [-0.1, -0.05) is 30.3 Å². The van der Waals surface area contributed by atoms with Gasteiger partial charge in [-0.3, -0.25) is 4.84 Å². The fourth-order valence-corrected chi connectivity index (χ4v) is 3.56. The number of benzene rings is 1. The fourth-order valence-electron chi connectivity index (χ4n) is 3.56. The number of rotatable bonds is 5. The molecule has 2 rings (SSSR count). The molecule has 0 spiro atoms. The maximum absolute atomic E-state index is 6.18. The number of nitrogens with zero attached hydrogens (tertiary/aromatic N) is 1. The Hall–Kier alpha value is -0.900. The van der Waals surface area contributed by atoms with E-state index in [1.165, 1.54) is 5.56 Å². The molecule has 1 fully saturated rings. The zero-order valence-corrected chi connectivity index (χ0v) is 14.1. The van der Waals surface area contributed by atoms with Crippen LogP contribution in [0.15, 0.2) is 30.3 Å². The van der Waals surface area contributed by atoms with Crippen LogP contribution in [0.3, 0.4) is 0 Å². The Kier molecular flexibility index (Phi) is 5.07. The second kappa shape index (κ2) is 6.47. The quantitative estimate of drug-likeness (QED) is 0.812. The topological polar surface area (TPSA) is 21.7 Å². The van der Waals surface area contributed by atoms with Crippen molar-refractivity contribution in [3.8, 4) is 0 Å². The summed E-state index contributed by atoms with van der Waals surface area (Å²) < 4.78 is 6.18. The Morgan fingerprint density at radius 3 is 2.14 bits per heavy atom. The molecule has 0 aliphatic carbocycles. The van der Waals surface area contributed by atoms with Gasteiger partial charge in [-0.15, -0.1) is 0 Å². The number of ether oxygens (including phenoxy) is 1. The van der Waals surface area contributed by atoms with Crippen LogP contribution in [0.4, 0.5) is 0 Å². The Bertz CT molecular complexity index is 424. The fraction of sp³-hybridized carbons (Fsp3) is 0.667. The van der Waals surface area contributed by atoms with Gasteiger partial charge < -0.3 is 4.74 Å². The van der Waals surface area contributed by atoms with Crippen LogP contribution in [0.2, 0.25) is 0 Å². The lowest BCUT2D eigenvalue weighted by molar-refractivity contribution is -0.293. The zero-order chi connectivity index (χ0) is 15.5. The molecule has 0 bridgehead atoms. The molecule has 0 amide bonds. The predicted octanol–water partition coefficient (Wildman–Crippen LogP) is 4.18. The van der Waals surface area contributed by atoms with Crippen LogP contribution in [0.25, 0.3) is 0 Å². The molecule has 118 valence electrons. The third kappa shape index (κ3) is 4.06. The van der Waals surface area contributed by atoms with E-state index in [4.69, 9.17) is 9.57 Å². The van der Waals surface area contributed by atoms with E-state index in [2.05, 4.69) is 57.0 Å². The van der Waals surface area contributed by atoms with E-state index in [1.807, 2.05) is 13.0 Å². The molecule has 1 heterocycles. The molecule has 0 aromatic heterocycles. The van der Waals surface area contributed by atoms with E-state index >= 15 is 0 Å². The van der Waals surface area contributed by atoms with Crippen LogP contribution < -0.4 is 0 Å². The summed E-state index contributed by atoms with van der Waals surface area (Å²) in [5.74, 6) is 0. The lowest BCUT2D eigenvalue weighted by atomic mass is 9.80. The SMILES string of the molecule is CCON1C(C)(C)CC(OCc2ccccc2)CC1(C)C. The molecule has 0 N–H and O–H groups in total. The first kappa shape index (κ1) is 16.5. The van der Waals surface area contributed by atoms with E-state index in [9.17, 15) is 0 Å². The van der Waals surface area contributed by atoms with Gasteiger partial charge in [0.15, 0.2) is 0 Å². The standard InChI is InChI=1S/C18H29NO2/c1-6-21-19-17(2,3)12-16(13-18(19,4)5)20-14-15-10-8-7-9-11-15/h7-11,16H,6,12-14H2,1-5H3. The molecular weight excluding hydrogens is 262 g/mol. The third-order valence-electron chi connectivity index (χ3n) is 4.14. The van der Waals surface area contributed by atoms with Gasteiger partial charge in [0.05, 0.1) is 19.3 Å². The summed E-state index contributed by atoms with van der Waals surface area (Å²) in [4.78, 5) is 5.90. The van der Waals surface area contributed by atoms with Crippen molar-refractivity contribution >= 4 is 0 Å². The summed E-state index contributed by atoms with van der Waals surface area (Å²) in [5, 5.41) is 2.17. The summed E-state index contributed by atoms with van der Waals surface area (Å²) >= 11 is 0. The van der Waals surface area contributed by atoms with Crippen molar-refractivity contribution in [2.45, 2.75) is 71.2 Å². The predicted molar refractivity (Wildman–Crippen MR) is 85.9 cm³/mol. The molecule has 1 saturated heterocycles. The molecule has 3 heteroatoms. The Morgan fingerprint density at radius 2 is 1.62 bits per heavy atom. The molecule has 3 nitrogen and oxygen atoms in total. The molecule has 21 heavy (non-hydrogen) atoms. The van der Waals surface area contributed by atoms with E-state index in [-0.39, 0.29) is 17.2 Å². The normalized spacial score (nSPS) is 22.3. The first-order valence-electron chi connectivity index (χ1n) is 7.94. The van der Waals surface area contributed by atoms with E-state index in [1.54, 1.807) is 0 Å². The van der Waals surface area contributed by atoms with Crippen LogP contribution in [-0.2, 0) is 16.2 Å². The molecule has 0 unspecified atom stereocenters. The Labute approximate surface area is 129 Å². The average molecular weight is 291 g/mol. The highest BCUT2D eigenvalue weighted by atomic mass is 16.7. The molecule has 1 aliphatic heterocycles. The number of hydroxylamine groups is 2. The summed E-state index contributed by atoms with van der Waals surface area (Å²) in [6.07, 6.45) is 2.25. The number of piperidine rings is 1. The number of hydrogen-bond acceptors (Lipinski definition) is 3. The second-order valence-corrected chi connectivity index (χ2v) is 7.16. The highest BCUT2D eigenvalue weighted by Crippen LogP contribution is 2.39. The minimum atomic E-state index is -0.0148. The van der Waals surface area contributed by atoms with Gasteiger partial charge in [-0.2, -0.15) is 5.06 Å². The van der Waals surface area contributed by atoms with Gasteiger partial charge >= 0.3 is 0 Å². The van der Waals surface area contributed by atoms with Crippen LogP contribution >= 0.6 is 0 Å². The molecule has 1 aromatic carbocycles.